The third-order valence-corrected chi connectivity index (χ3v) is 2.56. The lowest BCUT2D eigenvalue weighted by Gasteiger charge is -2.26. The largest absolute Gasteiger partial charge is 0.480 e. The molecule has 5 nitrogen and oxygen atoms in total. The molecule has 0 aromatic heterocycles. The molecule has 0 saturated carbocycles. The molecule has 0 spiro atoms. The molecule has 0 rings (SSSR count). The van der Waals surface area contributed by atoms with Crippen molar-refractivity contribution in [3.8, 4) is 0 Å². The molecule has 5 heteroatoms. The van der Waals surface area contributed by atoms with E-state index in [1.165, 1.54) is 0 Å². The van der Waals surface area contributed by atoms with Crippen molar-refractivity contribution in [1.29, 1.82) is 0 Å². The second kappa shape index (κ2) is 5.84. The minimum Gasteiger partial charge on any atom is -0.480 e. The van der Waals surface area contributed by atoms with Crippen LogP contribution in [0, 0.1) is 5.41 Å². The number of carboxylic acid groups (broad SMARTS) is 1. The van der Waals surface area contributed by atoms with Crippen LogP contribution in [0.25, 0.3) is 0 Å². The zero-order chi connectivity index (χ0) is 12.9. The van der Waals surface area contributed by atoms with Crippen LogP contribution in [0.5, 0.6) is 0 Å². The van der Waals surface area contributed by atoms with Crippen LogP contribution >= 0.6 is 0 Å². The fourth-order valence-electron chi connectivity index (χ4n) is 1.10. The van der Waals surface area contributed by atoms with Gasteiger partial charge in [-0.25, -0.2) is 4.79 Å². The number of hydrogen-bond acceptors (Lipinski definition) is 3. The lowest BCUT2D eigenvalue weighted by molar-refractivity contribution is -0.142. The van der Waals surface area contributed by atoms with E-state index in [1.54, 1.807) is 6.92 Å². The second-order valence-electron chi connectivity index (χ2n) is 5.04. The van der Waals surface area contributed by atoms with Gasteiger partial charge in [0.2, 0.25) is 5.91 Å². The number of carbonyl (C=O) groups excluding carboxylic acids is 1. The first-order chi connectivity index (χ1) is 7.18. The summed E-state index contributed by atoms with van der Waals surface area (Å²) < 4.78 is 0. The number of carboxylic acids is 1. The highest BCUT2D eigenvalue weighted by molar-refractivity contribution is 5.83. The molecule has 0 bridgehead atoms. The summed E-state index contributed by atoms with van der Waals surface area (Å²) in [4.78, 5) is 22.2. The quantitative estimate of drug-likeness (QED) is 0.649. The maximum Gasteiger partial charge on any atom is 0.326 e. The number of amides is 1. The van der Waals surface area contributed by atoms with Crippen molar-refractivity contribution in [3.05, 3.63) is 0 Å². The number of rotatable bonds is 5. The van der Waals surface area contributed by atoms with Gasteiger partial charge in [0.25, 0.3) is 0 Å². The van der Waals surface area contributed by atoms with Crippen molar-refractivity contribution in [1.82, 2.24) is 5.32 Å². The standard InChI is InChI=1S/C11H22N2O3/c1-5-7(10(15)16)13-9(14)6-8(12)11(2,3)4/h7-8H,5-6,12H2,1-4H3,(H,13,14)(H,15,16)/t7-,8?/m0/s1. The van der Waals surface area contributed by atoms with E-state index in [0.29, 0.717) is 6.42 Å². The molecular formula is C11H22N2O3. The number of hydrogen-bond donors (Lipinski definition) is 3. The van der Waals surface area contributed by atoms with Crippen molar-refractivity contribution in [2.24, 2.45) is 11.1 Å². The van der Waals surface area contributed by atoms with Gasteiger partial charge in [-0.3, -0.25) is 4.79 Å². The first-order valence-corrected chi connectivity index (χ1v) is 5.46. The summed E-state index contributed by atoms with van der Waals surface area (Å²) in [6, 6.07) is -1.10. The zero-order valence-electron chi connectivity index (χ0n) is 10.4. The van der Waals surface area contributed by atoms with Crippen molar-refractivity contribution < 1.29 is 14.7 Å². The first kappa shape index (κ1) is 14.9. The van der Waals surface area contributed by atoms with Crippen LogP contribution in [-0.4, -0.2) is 29.1 Å². The van der Waals surface area contributed by atoms with Crippen LogP contribution in [0.3, 0.4) is 0 Å². The van der Waals surface area contributed by atoms with Gasteiger partial charge in [-0.15, -0.1) is 0 Å². The van der Waals surface area contributed by atoms with Crippen molar-refractivity contribution in [3.63, 3.8) is 0 Å². The summed E-state index contributed by atoms with van der Waals surface area (Å²) in [6.07, 6.45) is 0.513. The molecule has 0 heterocycles. The molecule has 0 aromatic rings. The summed E-state index contributed by atoms with van der Waals surface area (Å²) in [6.45, 7) is 7.54. The molecule has 1 amide bonds. The monoisotopic (exact) mass is 230 g/mol. The van der Waals surface area contributed by atoms with Crippen LogP contribution in [-0.2, 0) is 9.59 Å². The molecule has 94 valence electrons. The number of carbonyl (C=O) groups is 2. The molecule has 4 N–H and O–H groups in total. The van der Waals surface area contributed by atoms with Gasteiger partial charge in [0.1, 0.15) is 6.04 Å². The third kappa shape index (κ3) is 5.11. The van der Waals surface area contributed by atoms with Gasteiger partial charge < -0.3 is 16.2 Å². The predicted octanol–water partition coefficient (Wildman–Crippen LogP) is 0.729. The van der Waals surface area contributed by atoms with E-state index >= 15 is 0 Å². The van der Waals surface area contributed by atoms with Gasteiger partial charge >= 0.3 is 5.97 Å². The highest BCUT2D eigenvalue weighted by Gasteiger charge is 2.25. The smallest absolute Gasteiger partial charge is 0.326 e. The molecule has 0 saturated heterocycles. The van der Waals surface area contributed by atoms with E-state index in [4.69, 9.17) is 10.8 Å². The van der Waals surface area contributed by atoms with Gasteiger partial charge in [-0.2, -0.15) is 0 Å². The van der Waals surface area contributed by atoms with Crippen LogP contribution in [0.2, 0.25) is 0 Å². The molecule has 0 aliphatic rings. The highest BCUT2D eigenvalue weighted by atomic mass is 16.4. The van der Waals surface area contributed by atoms with E-state index in [1.807, 2.05) is 20.8 Å². The van der Waals surface area contributed by atoms with Crippen LogP contribution in [0.1, 0.15) is 40.5 Å². The fraction of sp³-hybridized carbons (Fsp3) is 0.818. The topological polar surface area (TPSA) is 92.4 Å². The lowest BCUT2D eigenvalue weighted by Crippen LogP contribution is -2.45. The zero-order valence-corrected chi connectivity index (χ0v) is 10.4. The Balaban J connectivity index is 4.23. The molecule has 2 atom stereocenters. The average molecular weight is 230 g/mol. The van der Waals surface area contributed by atoms with E-state index in [-0.39, 0.29) is 23.8 Å². The van der Waals surface area contributed by atoms with E-state index in [2.05, 4.69) is 5.32 Å². The van der Waals surface area contributed by atoms with Crippen molar-refractivity contribution >= 4 is 11.9 Å². The van der Waals surface area contributed by atoms with Gasteiger partial charge in [0, 0.05) is 12.5 Å². The molecule has 0 fully saturated rings. The van der Waals surface area contributed by atoms with Gasteiger partial charge in [0.05, 0.1) is 0 Å². The summed E-state index contributed by atoms with van der Waals surface area (Å²) in [7, 11) is 0. The van der Waals surface area contributed by atoms with E-state index in [9.17, 15) is 9.59 Å². The molecule has 0 aliphatic heterocycles. The Morgan fingerprint density at radius 1 is 1.38 bits per heavy atom. The molecule has 0 radical (unpaired) electrons. The Bertz CT molecular complexity index is 258. The van der Waals surface area contributed by atoms with Gasteiger partial charge in [-0.1, -0.05) is 27.7 Å². The minimum atomic E-state index is -1.01. The maximum atomic E-state index is 11.5. The minimum absolute atomic E-state index is 0.146. The second-order valence-corrected chi connectivity index (χ2v) is 5.04. The number of nitrogens with one attached hydrogen (secondary N) is 1. The summed E-state index contributed by atoms with van der Waals surface area (Å²) in [5.74, 6) is -1.32. The van der Waals surface area contributed by atoms with Crippen LogP contribution in [0.4, 0.5) is 0 Å². The summed E-state index contributed by atoms with van der Waals surface area (Å²) in [5, 5.41) is 11.2. The van der Waals surface area contributed by atoms with Crippen LogP contribution in [0.15, 0.2) is 0 Å². The molecule has 16 heavy (non-hydrogen) atoms. The normalized spacial score (nSPS) is 15.3. The molecule has 0 aromatic carbocycles. The number of nitrogens with two attached hydrogens (primary N) is 1. The predicted molar refractivity (Wildman–Crippen MR) is 61.9 cm³/mol. The number of aliphatic carboxylic acids is 1. The average Bonchev–Trinajstić information content (AvgIpc) is 2.11. The summed E-state index contributed by atoms with van der Waals surface area (Å²) in [5.41, 5.74) is 5.67. The highest BCUT2D eigenvalue weighted by Crippen LogP contribution is 2.19. The SMILES string of the molecule is CC[C@H](NC(=O)CC(N)C(C)(C)C)C(=O)O. The Hall–Kier alpha value is -1.10. The maximum absolute atomic E-state index is 11.5. The van der Waals surface area contributed by atoms with E-state index < -0.39 is 12.0 Å². The first-order valence-electron chi connectivity index (χ1n) is 5.46. The molecule has 0 aliphatic carbocycles. The van der Waals surface area contributed by atoms with Crippen LogP contribution < -0.4 is 11.1 Å². The van der Waals surface area contributed by atoms with E-state index in [0.717, 1.165) is 0 Å². The molecular weight excluding hydrogens is 208 g/mol. The Labute approximate surface area is 96.4 Å². The fourth-order valence-corrected chi connectivity index (χ4v) is 1.10. The van der Waals surface area contributed by atoms with Crippen molar-refractivity contribution in [2.75, 3.05) is 0 Å². The Morgan fingerprint density at radius 3 is 2.19 bits per heavy atom. The summed E-state index contributed by atoms with van der Waals surface area (Å²) >= 11 is 0. The Morgan fingerprint density at radius 2 is 1.88 bits per heavy atom. The van der Waals surface area contributed by atoms with Gasteiger partial charge in [-0.05, 0) is 11.8 Å². The Kier molecular flexibility index (Phi) is 5.44. The third-order valence-electron chi connectivity index (χ3n) is 2.56. The lowest BCUT2D eigenvalue weighted by atomic mass is 9.85. The van der Waals surface area contributed by atoms with Gasteiger partial charge in [0.15, 0.2) is 0 Å². The van der Waals surface area contributed by atoms with Crippen molar-refractivity contribution in [2.45, 2.75) is 52.6 Å². The molecule has 1 unspecified atom stereocenters.